The van der Waals surface area contributed by atoms with Gasteiger partial charge in [0.1, 0.15) is 0 Å². The molecule has 19 heavy (non-hydrogen) atoms. The smallest absolute Gasteiger partial charge is 0.209 e. The van der Waals surface area contributed by atoms with Crippen LogP contribution in [0, 0.1) is 0 Å². The van der Waals surface area contributed by atoms with E-state index in [2.05, 4.69) is 9.88 Å². The van der Waals surface area contributed by atoms with E-state index in [1.807, 2.05) is 37.4 Å². The summed E-state index contributed by atoms with van der Waals surface area (Å²) < 4.78 is 5.73. The number of aliphatic hydroxyl groups is 1. The molecule has 1 N–H and O–H groups in total. The molecule has 0 aliphatic heterocycles. The van der Waals surface area contributed by atoms with E-state index in [1.54, 1.807) is 13.1 Å². The summed E-state index contributed by atoms with van der Waals surface area (Å²) in [5.41, 5.74) is 1.04. The van der Waals surface area contributed by atoms with Crippen molar-refractivity contribution in [3.05, 3.63) is 42.4 Å². The zero-order valence-electron chi connectivity index (χ0n) is 11.4. The van der Waals surface area contributed by atoms with Crippen LogP contribution in [0.3, 0.4) is 0 Å². The van der Waals surface area contributed by atoms with Crippen molar-refractivity contribution < 1.29 is 9.52 Å². The average molecular weight is 260 g/mol. The van der Waals surface area contributed by atoms with Crippen LogP contribution in [0.25, 0.3) is 11.3 Å². The second-order valence-corrected chi connectivity index (χ2v) is 4.86. The minimum absolute atomic E-state index is 0.271. The second kappa shape index (κ2) is 6.50. The van der Waals surface area contributed by atoms with Gasteiger partial charge >= 0.3 is 0 Å². The van der Waals surface area contributed by atoms with Gasteiger partial charge in [-0.3, -0.25) is 4.90 Å². The van der Waals surface area contributed by atoms with Gasteiger partial charge in [0.25, 0.3) is 0 Å². The summed E-state index contributed by atoms with van der Waals surface area (Å²) in [4.78, 5) is 6.38. The van der Waals surface area contributed by atoms with Crippen molar-refractivity contribution in [3.8, 4) is 11.3 Å². The van der Waals surface area contributed by atoms with Crippen LogP contribution in [0.15, 0.2) is 40.9 Å². The summed E-state index contributed by atoms with van der Waals surface area (Å²) in [6.07, 6.45) is 2.24. The summed E-state index contributed by atoms with van der Waals surface area (Å²) in [6, 6.07) is 9.94. The summed E-state index contributed by atoms with van der Waals surface area (Å²) in [7, 11) is 1.99. The zero-order valence-corrected chi connectivity index (χ0v) is 11.4. The number of aromatic nitrogens is 1. The van der Waals surface area contributed by atoms with Crippen molar-refractivity contribution in [1.29, 1.82) is 0 Å². The van der Waals surface area contributed by atoms with E-state index >= 15 is 0 Å². The molecule has 1 atom stereocenters. The lowest BCUT2D eigenvalue weighted by Gasteiger charge is -2.15. The van der Waals surface area contributed by atoms with E-state index in [0.29, 0.717) is 12.4 Å². The molecule has 1 aromatic carbocycles. The Hall–Kier alpha value is -1.65. The van der Waals surface area contributed by atoms with Gasteiger partial charge in [0.05, 0.1) is 18.8 Å². The van der Waals surface area contributed by atoms with E-state index in [1.165, 1.54) is 0 Å². The third-order valence-electron chi connectivity index (χ3n) is 2.95. The molecule has 0 radical (unpaired) electrons. The second-order valence-electron chi connectivity index (χ2n) is 4.86. The molecule has 2 aromatic rings. The fourth-order valence-electron chi connectivity index (χ4n) is 1.84. The predicted octanol–water partition coefficient (Wildman–Crippen LogP) is 2.54. The first-order valence-electron chi connectivity index (χ1n) is 6.52. The minimum atomic E-state index is -0.271. The SMILES string of the molecule is CC(O)CCN(C)Cc1ncc(-c2ccccc2)o1. The third kappa shape index (κ3) is 4.19. The lowest BCUT2D eigenvalue weighted by Crippen LogP contribution is -2.22. The lowest BCUT2D eigenvalue weighted by molar-refractivity contribution is 0.160. The number of nitrogens with zero attached hydrogens (tertiary/aromatic N) is 2. The zero-order chi connectivity index (χ0) is 13.7. The first kappa shape index (κ1) is 13.8. The van der Waals surface area contributed by atoms with Gasteiger partial charge in [0.2, 0.25) is 5.89 Å². The van der Waals surface area contributed by atoms with Gasteiger partial charge in [-0.05, 0) is 20.4 Å². The van der Waals surface area contributed by atoms with Gasteiger partial charge in [0, 0.05) is 12.1 Å². The van der Waals surface area contributed by atoms with Crippen molar-refractivity contribution in [1.82, 2.24) is 9.88 Å². The molecule has 2 rings (SSSR count). The molecule has 1 unspecified atom stereocenters. The number of hydrogen-bond acceptors (Lipinski definition) is 4. The maximum absolute atomic E-state index is 9.25. The van der Waals surface area contributed by atoms with Crippen molar-refractivity contribution in [3.63, 3.8) is 0 Å². The highest BCUT2D eigenvalue weighted by Crippen LogP contribution is 2.20. The van der Waals surface area contributed by atoms with Crippen LogP contribution in [0.4, 0.5) is 0 Å². The van der Waals surface area contributed by atoms with Crippen molar-refractivity contribution in [2.24, 2.45) is 0 Å². The predicted molar refractivity (Wildman–Crippen MR) is 74.6 cm³/mol. The van der Waals surface area contributed by atoms with E-state index in [-0.39, 0.29) is 6.10 Å². The number of rotatable bonds is 6. The molecule has 4 heteroatoms. The molecule has 102 valence electrons. The van der Waals surface area contributed by atoms with Crippen molar-refractivity contribution in [2.75, 3.05) is 13.6 Å². The quantitative estimate of drug-likeness (QED) is 0.867. The number of benzene rings is 1. The van der Waals surface area contributed by atoms with Gasteiger partial charge in [-0.15, -0.1) is 0 Å². The maximum atomic E-state index is 9.25. The van der Waals surface area contributed by atoms with Crippen LogP contribution in [0.5, 0.6) is 0 Å². The summed E-state index contributed by atoms with van der Waals surface area (Å²) in [5, 5.41) is 9.25. The first-order chi connectivity index (χ1) is 9.15. The van der Waals surface area contributed by atoms with Crippen LogP contribution >= 0.6 is 0 Å². The van der Waals surface area contributed by atoms with Gasteiger partial charge in [-0.25, -0.2) is 4.98 Å². The maximum Gasteiger partial charge on any atom is 0.209 e. The molecule has 0 bridgehead atoms. The molecule has 1 aromatic heterocycles. The largest absolute Gasteiger partial charge is 0.439 e. The van der Waals surface area contributed by atoms with Crippen LogP contribution < -0.4 is 0 Å². The van der Waals surface area contributed by atoms with Gasteiger partial charge in [-0.2, -0.15) is 0 Å². The molecule has 0 fully saturated rings. The summed E-state index contributed by atoms with van der Waals surface area (Å²) in [5.74, 6) is 1.49. The molecular formula is C15H20N2O2. The van der Waals surface area contributed by atoms with Crippen molar-refractivity contribution >= 4 is 0 Å². The van der Waals surface area contributed by atoms with Crippen LogP contribution in [-0.2, 0) is 6.54 Å². The lowest BCUT2D eigenvalue weighted by atomic mass is 10.2. The number of aliphatic hydroxyl groups excluding tert-OH is 1. The number of oxazole rings is 1. The molecule has 0 saturated carbocycles. The monoisotopic (exact) mass is 260 g/mol. The fraction of sp³-hybridized carbons (Fsp3) is 0.400. The van der Waals surface area contributed by atoms with E-state index in [4.69, 9.17) is 4.42 Å². The Morgan fingerprint density at radius 3 is 2.74 bits per heavy atom. The van der Waals surface area contributed by atoms with Gasteiger partial charge in [-0.1, -0.05) is 30.3 Å². The Balaban J connectivity index is 1.94. The topological polar surface area (TPSA) is 49.5 Å². The standard InChI is InChI=1S/C15H20N2O2/c1-12(18)8-9-17(2)11-15-16-10-14(19-15)13-6-4-3-5-7-13/h3-7,10,12,18H,8-9,11H2,1-2H3. The van der Waals surface area contributed by atoms with Gasteiger partial charge < -0.3 is 9.52 Å². The molecule has 0 spiro atoms. The first-order valence-corrected chi connectivity index (χ1v) is 6.52. The van der Waals surface area contributed by atoms with Crippen LogP contribution in [-0.4, -0.2) is 34.7 Å². The van der Waals surface area contributed by atoms with Crippen molar-refractivity contribution in [2.45, 2.75) is 26.0 Å². The van der Waals surface area contributed by atoms with Crippen LogP contribution in [0.2, 0.25) is 0 Å². The highest BCUT2D eigenvalue weighted by molar-refractivity contribution is 5.55. The molecule has 0 aliphatic rings. The van der Waals surface area contributed by atoms with Crippen LogP contribution in [0.1, 0.15) is 19.2 Å². The molecule has 0 amide bonds. The third-order valence-corrected chi connectivity index (χ3v) is 2.95. The van der Waals surface area contributed by atoms with Gasteiger partial charge in [0.15, 0.2) is 5.76 Å². The normalized spacial score (nSPS) is 12.8. The highest BCUT2D eigenvalue weighted by atomic mass is 16.4. The molecule has 0 aliphatic carbocycles. The Kier molecular flexibility index (Phi) is 4.71. The average Bonchev–Trinajstić information content (AvgIpc) is 2.86. The van der Waals surface area contributed by atoms with E-state index in [9.17, 15) is 5.11 Å². The Labute approximate surface area is 113 Å². The summed E-state index contributed by atoms with van der Waals surface area (Å²) >= 11 is 0. The number of hydrogen-bond donors (Lipinski definition) is 1. The molecule has 1 heterocycles. The molecule has 4 nitrogen and oxygen atoms in total. The molecular weight excluding hydrogens is 240 g/mol. The minimum Gasteiger partial charge on any atom is -0.439 e. The summed E-state index contributed by atoms with van der Waals surface area (Å²) in [6.45, 7) is 3.27. The Bertz CT molecular complexity index is 494. The Morgan fingerprint density at radius 2 is 2.05 bits per heavy atom. The Morgan fingerprint density at radius 1 is 1.32 bits per heavy atom. The van der Waals surface area contributed by atoms with E-state index < -0.39 is 0 Å². The highest BCUT2D eigenvalue weighted by Gasteiger charge is 2.09. The van der Waals surface area contributed by atoms with E-state index in [0.717, 1.165) is 24.3 Å². The fourth-order valence-corrected chi connectivity index (χ4v) is 1.84. The molecule has 0 saturated heterocycles.